The van der Waals surface area contributed by atoms with Crippen LogP contribution in [0.1, 0.15) is 43.7 Å². The summed E-state index contributed by atoms with van der Waals surface area (Å²) < 4.78 is 10.9. The smallest absolute Gasteiger partial charge is 0.407 e. The topological polar surface area (TPSA) is 105 Å². The largest absolute Gasteiger partial charge is 0.480 e. The predicted octanol–water partition coefficient (Wildman–Crippen LogP) is 3.64. The number of aliphatic carboxylic acids is 1. The zero-order chi connectivity index (χ0) is 25.1. The van der Waals surface area contributed by atoms with E-state index in [1.165, 1.54) is 12.0 Å². The first-order valence-electron chi connectivity index (χ1n) is 12.0. The molecule has 1 aliphatic heterocycles. The van der Waals surface area contributed by atoms with Gasteiger partial charge in [-0.1, -0.05) is 62.4 Å². The van der Waals surface area contributed by atoms with Crippen LogP contribution in [-0.4, -0.2) is 66.4 Å². The second-order valence-corrected chi connectivity index (χ2v) is 9.52. The molecular formula is C27H32N2O6. The summed E-state index contributed by atoms with van der Waals surface area (Å²) in [6, 6.07) is 14.8. The number of fused-ring (bicyclic) bond motifs is 3. The number of nitrogens with one attached hydrogen (secondary N) is 1. The van der Waals surface area contributed by atoms with E-state index in [1.807, 2.05) is 38.1 Å². The van der Waals surface area contributed by atoms with Crippen molar-refractivity contribution in [3.63, 3.8) is 0 Å². The minimum atomic E-state index is -1.05. The second-order valence-electron chi connectivity index (χ2n) is 9.52. The summed E-state index contributed by atoms with van der Waals surface area (Å²) >= 11 is 0. The van der Waals surface area contributed by atoms with Crippen molar-refractivity contribution in [2.45, 2.75) is 50.8 Å². The van der Waals surface area contributed by atoms with Crippen LogP contribution in [0.25, 0.3) is 11.1 Å². The molecule has 1 saturated heterocycles. The molecule has 0 spiro atoms. The van der Waals surface area contributed by atoms with Gasteiger partial charge >= 0.3 is 12.1 Å². The number of methoxy groups -OCH3 is 1. The highest BCUT2D eigenvalue weighted by atomic mass is 16.5. The third-order valence-corrected chi connectivity index (χ3v) is 7.05. The number of hydrogen-bond acceptors (Lipinski definition) is 5. The van der Waals surface area contributed by atoms with E-state index in [9.17, 15) is 19.5 Å². The lowest BCUT2D eigenvalue weighted by Gasteiger charge is -2.27. The zero-order valence-corrected chi connectivity index (χ0v) is 20.3. The summed E-state index contributed by atoms with van der Waals surface area (Å²) in [6.07, 6.45) is -0.664. The Labute approximate surface area is 205 Å². The van der Waals surface area contributed by atoms with E-state index in [4.69, 9.17) is 9.47 Å². The molecule has 0 bridgehead atoms. The molecule has 8 heteroatoms. The summed E-state index contributed by atoms with van der Waals surface area (Å²) in [4.78, 5) is 38.7. The van der Waals surface area contributed by atoms with Gasteiger partial charge in [0.05, 0.1) is 6.10 Å². The Bertz CT molecular complexity index is 1060. The molecule has 3 atom stereocenters. The van der Waals surface area contributed by atoms with Gasteiger partial charge in [-0.05, 0) is 28.2 Å². The van der Waals surface area contributed by atoms with Gasteiger partial charge in [0, 0.05) is 38.5 Å². The molecule has 0 aromatic heterocycles. The number of amides is 2. The summed E-state index contributed by atoms with van der Waals surface area (Å²) in [5.41, 5.74) is 4.54. The Morgan fingerprint density at radius 1 is 1.06 bits per heavy atom. The maximum atomic E-state index is 13.0. The molecular weight excluding hydrogens is 448 g/mol. The number of carbonyl (C=O) groups is 3. The van der Waals surface area contributed by atoms with Crippen LogP contribution in [0.5, 0.6) is 0 Å². The van der Waals surface area contributed by atoms with Crippen molar-refractivity contribution in [3.05, 3.63) is 59.7 Å². The molecule has 2 aromatic carbocycles. The van der Waals surface area contributed by atoms with Gasteiger partial charge in [0.15, 0.2) is 0 Å². The monoisotopic (exact) mass is 480 g/mol. The van der Waals surface area contributed by atoms with Crippen LogP contribution >= 0.6 is 0 Å². The number of hydrogen-bond donors (Lipinski definition) is 2. The quantitative estimate of drug-likeness (QED) is 0.598. The van der Waals surface area contributed by atoms with Crippen LogP contribution in [-0.2, 0) is 19.1 Å². The SMILES string of the molecule is COC1CC(C(=O)O)N(C(=O)C[C@@H](NC(=O)OCC2c3ccccc3-c3ccccc32)C(C)C)C1. The fraction of sp³-hybridized carbons (Fsp3) is 0.444. The van der Waals surface area contributed by atoms with Gasteiger partial charge in [-0.15, -0.1) is 0 Å². The fourth-order valence-corrected chi connectivity index (χ4v) is 5.03. The average Bonchev–Trinajstić information content (AvgIpc) is 3.42. The molecule has 8 nitrogen and oxygen atoms in total. The normalized spacial score (nSPS) is 19.8. The minimum absolute atomic E-state index is 0.0118. The molecule has 2 unspecified atom stereocenters. The lowest BCUT2D eigenvalue weighted by atomic mass is 9.98. The summed E-state index contributed by atoms with van der Waals surface area (Å²) in [7, 11) is 1.51. The van der Waals surface area contributed by atoms with Crippen LogP contribution in [0, 0.1) is 5.92 Å². The Hall–Kier alpha value is -3.39. The third kappa shape index (κ3) is 5.17. The lowest BCUT2D eigenvalue weighted by molar-refractivity contribution is -0.148. The van der Waals surface area contributed by atoms with Gasteiger partial charge in [-0.3, -0.25) is 4.79 Å². The molecule has 2 amide bonds. The predicted molar refractivity (Wildman–Crippen MR) is 130 cm³/mol. The number of likely N-dealkylation sites (tertiary alicyclic amines) is 1. The van der Waals surface area contributed by atoms with Crippen LogP contribution in [0.4, 0.5) is 4.79 Å². The number of alkyl carbamates (subject to hydrolysis) is 1. The molecule has 35 heavy (non-hydrogen) atoms. The van der Waals surface area contributed by atoms with Gasteiger partial charge in [0.25, 0.3) is 0 Å². The molecule has 1 fully saturated rings. The molecule has 2 aliphatic rings. The van der Waals surface area contributed by atoms with Gasteiger partial charge in [0.1, 0.15) is 12.6 Å². The van der Waals surface area contributed by atoms with E-state index in [1.54, 1.807) is 0 Å². The second kappa shape index (κ2) is 10.5. The van der Waals surface area contributed by atoms with E-state index in [0.29, 0.717) is 0 Å². The van der Waals surface area contributed by atoms with Crippen molar-refractivity contribution < 1.29 is 29.0 Å². The number of carboxylic acid groups (broad SMARTS) is 1. The Balaban J connectivity index is 1.38. The highest BCUT2D eigenvalue weighted by Crippen LogP contribution is 2.44. The van der Waals surface area contributed by atoms with E-state index in [-0.39, 0.29) is 49.8 Å². The van der Waals surface area contributed by atoms with E-state index >= 15 is 0 Å². The summed E-state index contributed by atoms with van der Waals surface area (Å²) in [5, 5.41) is 12.3. The number of ether oxygens (including phenoxy) is 2. The Kier molecular flexibility index (Phi) is 7.40. The minimum Gasteiger partial charge on any atom is -0.480 e. The highest BCUT2D eigenvalue weighted by molar-refractivity contribution is 5.85. The number of carbonyl (C=O) groups excluding carboxylic acids is 2. The van der Waals surface area contributed by atoms with E-state index < -0.39 is 24.1 Å². The van der Waals surface area contributed by atoms with Gasteiger partial charge in [0.2, 0.25) is 5.91 Å². The van der Waals surface area contributed by atoms with Crippen LogP contribution in [0.3, 0.4) is 0 Å². The third-order valence-electron chi connectivity index (χ3n) is 7.05. The highest BCUT2D eigenvalue weighted by Gasteiger charge is 2.40. The number of rotatable bonds is 8. The lowest BCUT2D eigenvalue weighted by Crippen LogP contribution is -2.46. The van der Waals surface area contributed by atoms with Crippen LogP contribution < -0.4 is 5.32 Å². The van der Waals surface area contributed by atoms with Gasteiger partial charge in [-0.2, -0.15) is 0 Å². The Morgan fingerprint density at radius 2 is 1.66 bits per heavy atom. The van der Waals surface area contributed by atoms with Crippen molar-refractivity contribution in [1.82, 2.24) is 10.2 Å². The zero-order valence-electron chi connectivity index (χ0n) is 20.3. The molecule has 1 heterocycles. The first-order valence-corrected chi connectivity index (χ1v) is 12.0. The number of nitrogens with zero attached hydrogens (tertiary/aromatic N) is 1. The van der Waals surface area contributed by atoms with Crippen LogP contribution in [0.2, 0.25) is 0 Å². The molecule has 1 aliphatic carbocycles. The maximum Gasteiger partial charge on any atom is 0.407 e. The maximum absolute atomic E-state index is 13.0. The van der Waals surface area contributed by atoms with E-state index in [2.05, 4.69) is 29.6 Å². The van der Waals surface area contributed by atoms with Crippen molar-refractivity contribution in [1.29, 1.82) is 0 Å². The first-order chi connectivity index (χ1) is 16.8. The van der Waals surface area contributed by atoms with Crippen molar-refractivity contribution >= 4 is 18.0 Å². The molecule has 4 rings (SSSR count). The molecule has 2 N–H and O–H groups in total. The molecule has 0 saturated carbocycles. The van der Waals surface area contributed by atoms with Crippen molar-refractivity contribution in [3.8, 4) is 11.1 Å². The number of carboxylic acids is 1. The first kappa shape index (κ1) is 24.7. The number of benzene rings is 2. The van der Waals surface area contributed by atoms with E-state index in [0.717, 1.165) is 22.3 Å². The van der Waals surface area contributed by atoms with Crippen molar-refractivity contribution in [2.75, 3.05) is 20.3 Å². The average molecular weight is 481 g/mol. The molecule has 186 valence electrons. The standard InChI is InChI=1S/C27H32N2O6/c1-16(2)23(13-25(30)29-14-17(34-3)12-24(29)26(31)32)28-27(33)35-15-22-20-10-6-4-8-18(20)19-9-5-7-11-21(19)22/h4-11,16-17,22-24H,12-15H2,1-3H3,(H,28,33)(H,31,32)/t17?,23-,24?/m1/s1. The summed E-state index contributed by atoms with van der Waals surface area (Å²) in [6.45, 7) is 4.21. The summed E-state index contributed by atoms with van der Waals surface area (Å²) in [5.74, 6) is -1.49. The molecule has 2 aromatic rings. The van der Waals surface area contributed by atoms with Crippen molar-refractivity contribution in [2.24, 2.45) is 5.92 Å². The Morgan fingerprint density at radius 3 is 2.20 bits per heavy atom. The van der Waals surface area contributed by atoms with Crippen LogP contribution in [0.15, 0.2) is 48.5 Å². The molecule has 0 radical (unpaired) electrons. The van der Waals surface area contributed by atoms with Gasteiger partial charge < -0.3 is 24.8 Å². The van der Waals surface area contributed by atoms with Gasteiger partial charge in [-0.25, -0.2) is 9.59 Å². The fourth-order valence-electron chi connectivity index (χ4n) is 5.03.